The van der Waals surface area contributed by atoms with E-state index in [1.54, 1.807) is 0 Å². The van der Waals surface area contributed by atoms with Crippen molar-refractivity contribution in [1.82, 2.24) is 0 Å². The van der Waals surface area contributed by atoms with Crippen molar-refractivity contribution in [2.45, 2.75) is 45.6 Å². The molecule has 1 fully saturated rings. The Hall–Kier alpha value is -1.02. The van der Waals surface area contributed by atoms with E-state index in [1.165, 1.54) is 30.5 Å². The zero-order chi connectivity index (χ0) is 14.0. The topological polar surface area (TPSA) is 29.3 Å². The maximum Gasteiger partial charge on any atom is 0.0523 e. The average molecular weight is 260 g/mol. The minimum absolute atomic E-state index is 0.139. The molecule has 0 spiro atoms. The minimum Gasteiger partial charge on any atom is -0.368 e. The second-order valence-corrected chi connectivity index (χ2v) is 6.52. The Balaban J connectivity index is 2.26. The van der Waals surface area contributed by atoms with Crippen LogP contribution in [0.4, 0.5) is 5.69 Å². The molecule has 0 heterocycles. The van der Waals surface area contributed by atoms with Gasteiger partial charge in [0.15, 0.2) is 0 Å². The van der Waals surface area contributed by atoms with Gasteiger partial charge in [-0.25, -0.2) is 0 Å². The summed E-state index contributed by atoms with van der Waals surface area (Å²) in [6.45, 7) is 7.64. The normalized spacial score (nSPS) is 31.2. The Morgan fingerprint density at radius 2 is 2.05 bits per heavy atom. The van der Waals surface area contributed by atoms with Gasteiger partial charge in [-0.2, -0.15) is 0 Å². The summed E-state index contributed by atoms with van der Waals surface area (Å²) >= 11 is 0. The number of rotatable bonds is 3. The molecule has 0 aromatic heterocycles. The lowest BCUT2D eigenvalue weighted by Gasteiger charge is -2.49. The molecule has 106 valence electrons. The van der Waals surface area contributed by atoms with Crippen molar-refractivity contribution in [2.24, 2.45) is 17.6 Å². The molecule has 1 saturated carbocycles. The molecule has 3 unspecified atom stereocenters. The Kier molecular flexibility index (Phi) is 4.19. The summed E-state index contributed by atoms with van der Waals surface area (Å²) in [5, 5.41) is 0. The first-order valence-electron chi connectivity index (χ1n) is 7.49. The molecule has 0 radical (unpaired) electrons. The fraction of sp³-hybridized carbons (Fsp3) is 0.647. The number of hydrogen-bond donors (Lipinski definition) is 1. The van der Waals surface area contributed by atoms with E-state index in [-0.39, 0.29) is 5.54 Å². The smallest absolute Gasteiger partial charge is 0.0523 e. The summed E-state index contributed by atoms with van der Waals surface area (Å²) < 4.78 is 0. The molecule has 1 aliphatic carbocycles. The maximum absolute atomic E-state index is 6.18. The van der Waals surface area contributed by atoms with Crippen LogP contribution in [0.1, 0.15) is 38.7 Å². The molecule has 1 aromatic rings. The number of likely N-dealkylation sites (N-methyl/N-ethyl adjacent to an activating group) is 1. The first-order valence-corrected chi connectivity index (χ1v) is 7.49. The van der Waals surface area contributed by atoms with Gasteiger partial charge < -0.3 is 10.6 Å². The first kappa shape index (κ1) is 14.4. The molecule has 0 bridgehead atoms. The number of aryl methyl sites for hydroxylation is 1. The summed E-state index contributed by atoms with van der Waals surface area (Å²) in [5.41, 5.74) is 8.93. The summed E-state index contributed by atoms with van der Waals surface area (Å²) in [6, 6.07) is 8.76. The highest BCUT2D eigenvalue weighted by Gasteiger charge is 2.39. The van der Waals surface area contributed by atoms with Crippen LogP contribution in [0.25, 0.3) is 0 Å². The molecule has 1 aromatic carbocycles. The van der Waals surface area contributed by atoms with E-state index >= 15 is 0 Å². The number of benzene rings is 1. The zero-order valence-electron chi connectivity index (χ0n) is 12.8. The first-order chi connectivity index (χ1) is 8.98. The van der Waals surface area contributed by atoms with Gasteiger partial charge in [-0.3, -0.25) is 0 Å². The summed E-state index contributed by atoms with van der Waals surface area (Å²) in [7, 11) is 2.21. The monoisotopic (exact) mass is 260 g/mol. The standard InChI is InChI=1S/C17H28N2/c1-13-6-5-7-16(10-13)19(4)17(12-18)9-8-14(2)15(3)11-17/h5-7,10,14-15H,8-9,11-12,18H2,1-4H3. The van der Waals surface area contributed by atoms with E-state index in [2.05, 4.69) is 57.0 Å². The second-order valence-electron chi connectivity index (χ2n) is 6.52. The zero-order valence-corrected chi connectivity index (χ0v) is 12.8. The van der Waals surface area contributed by atoms with Crippen molar-refractivity contribution >= 4 is 5.69 Å². The average Bonchev–Trinajstić information content (AvgIpc) is 2.41. The molecular weight excluding hydrogens is 232 g/mol. The van der Waals surface area contributed by atoms with Gasteiger partial charge in [-0.05, 0) is 55.7 Å². The highest BCUT2D eigenvalue weighted by molar-refractivity contribution is 5.50. The van der Waals surface area contributed by atoms with Crippen LogP contribution >= 0.6 is 0 Å². The number of nitrogens with two attached hydrogens (primary N) is 1. The third-order valence-electron chi connectivity index (χ3n) is 5.22. The van der Waals surface area contributed by atoms with Gasteiger partial charge in [-0.1, -0.05) is 26.0 Å². The van der Waals surface area contributed by atoms with Crippen molar-refractivity contribution in [2.75, 3.05) is 18.5 Å². The summed E-state index contributed by atoms with van der Waals surface area (Å²) in [4.78, 5) is 2.43. The van der Waals surface area contributed by atoms with E-state index in [1.807, 2.05) is 0 Å². The lowest BCUT2D eigenvalue weighted by atomic mass is 9.70. The fourth-order valence-electron chi connectivity index (χ4n) is 3.42. The number of anilines is 1. The van der Waals surface area contributed by atoms with E-state index in [9.17, 15) is 0 Å². The third-order valence-corrected chi connectivity index (χ3v) is 5.22. The van der Waals surface area contributed by atoms with Gasteiger partial charge in [0.05, 0.1) is 5.54 Å². The van der Waals surface area contributed by atoms with Gasteiger partial charge in [0.25, 0.3) is 0 Å². The maximum atomic E-state index is 6.18. The van der Waals surface area contributed by atoms with Crippen molar-refractivity contribution in [3.8, 4) is 0 Å². The fourth-order valence-corrected chi connectivity index (χ4v) is 3.42. The van der Waals surface area contributed by atoms with Crippen LogP contribution in [0.2, 0.25) is 0 Å². The van der Waals surface area contributed by atoms with E-state index in [0.717, 1.165) is 18.4 Å². The van der Waals surface area contributed by atoms with Crippen LogP contribution in [0, 0.1) is 18.8 Å². The van der Waals surface area contributed by atoms with Crippen LogP contribution in [-0.2, 0) is 0 Å². The predicted octanol–water partition coefficient (Wildman–Crippen LogP) is 3.58. The molecular formula is C17H28N2. The van der Waals surface area contributed by atoms with Gasteiger partial charge >= 0.3 is 0 Å². The minimum atomic E-state index is 0.139. The van der Waals surface area contributed by atoms with Crippen LogP contribution in [0.5, 0.6) is 0 Å². The summed E-state index contributed by atoms with van der Waals surface area (Å²) in [6.07, 6.45) is 3.70. The highest BCUT2D eigenvalue weighted by atomic mass is 15.2. The predicted molar refractivity (Wildman–Crippen MR) is 83.5 cm³/mol. The lowest BCUT2D eigenvalue weighted by Crippen LogP contribution is -2.56. The van der Waals surface area contributed by atoms with Crippen LogP contribution in [0.15, 0.2) is 24.3 Å². The molecule has 3 atom stereocenters. The van der Waals surface area contributed by atoms with Crippen LogP contribution in [0.3, 0.4) is 0 Å². The van der Waals surface area contributed by atoms with Gasteiger partial charge in [0.2, 0.25) is 0 Å². The number of hydrogen-bond acceptors (Lipinski definition) is 2. The van der Waals surface area contributed by atoms with Crippen LogP contribution in [-0.4, -0.2) is 19.1 Å². The molecule has 19 heavy (non-hydrogen) atoms. The van der Waals surface area contributed by atoms with Crippen LogP contribution < -0.4 is 10.6 Å². The highest BCUT2D eigenvalue weighted by Crippen LogP contribution is 2.40. The molecule has 0 aliphatic heterocycles. The van der Waals surface area contributed by atoms with Gasteiger partial charge in [0, 0.05) is 19.3 Å². The SMILES string of the molecule is Cc1cccc(N(C)C2(CN)CCC(C)C(C)C2)c1. The van der Waals surface area contributed by atoms with E-state index in [4.69, 9.17) is 5.73 Å². The molecule has 2 nitrogen and oxygen atoms in total. The Labute approximate surface area is 118 Å². The van der Waals surface area contributed by atoms with Crippen molar-refractivity contribution < 1.29 is 0 Å². The van der Waals surface area contributed by atoms with Crippen molar-refractivity contribution in [3.05, 3.63) is 29.8 Å². The molecule has 2 heteroatoms. The van der Waals surface area contributed by atoms with E-state index in [0.29, 0.717) is 0 Å². The Morgan fingerprint density at radius 3 is 2.63 bits per heavy atom. The lowest BCUT2D eigenvalue weighted by molar-refractivity contribution is 0.176. The van der Waals surface area contributed by atoms with Crippen molar-refractivity contribution in [1.29, 1.82) is 0 Å². The quantitative estimate of drug-likeness (QED) is 0.900. The molecule has 1 aliphatic rings. The molecule has 2 N–H and O–H groups in total. The molecule has 2 rings (SSSR count). The van der Waals surface area contributed by atoms with Gasteiger partial charge in [0.1, 0.15) is 0 Å². The van der Waals surface area contributed by atoms with Gasteiger partial charge in [-0.15, -0.1) is 0 Å². The largest absolute Gasteiger partial charge is 0.368 e. The third kappa shape index (κ3) is 2.79. The molecule has 0 amide bonds. The molecule has 0 saturated heterocycles. The second kappa shape index (κ2) is 5.54. The summed E-state index contributed by atoms with van der Waals surface area (Å²) in [5.74, 6) is 1.58. The Morgan fingerprint density at radius 1 is 1.32 bits per heavy atom. The number of nitrogens with zero attached hydrogens (tertiary/aromatic N) is 1. The van der Waals surface area contributed by atoms with E-state index < -0.39 is 0 Å². The Bertz CT molecular complexity index is 429. The van der Waals surface area contributed by atoms with Crippen molar-refractivity contribution in [3.63, 3.8) is 0 Å².